The lowest BCUT2D eigenvalue weighted by atomic mass is 10.5. The van der Waals surface area contributed by atoms with Gasteiger partial charge in [0.25, 0.3) is 0 Å². The van der Waals surface area contributed by atoms with Crippen molar-refractivity contribution in [1.82, 2.24) is 0 Å². The van der Waals surface area contributed by atoms with Gasteiger partial charge in [-0.05, 0) is 22.0 Å². The third-order valence-corrected chi connectivity index (χ3v) is 1.20. The largest absolute Gasteiger partial charge is 0.457 e. The molecule has 1 nitrogen and oxygen atoms in total. The van der Waals surface area contributed by atoms with E-state index in [-0.39, 0.29) is 0 Å². The first-order chi connectivity index (χ1) is 3.21. The van der Waals surface area contributed by atoms with Gasteiger partial charge in [0.15, 0.2) is 0 Å². The Hall–Kier alpha value is -0.0500. The average Bonchev–Trinajstić information content (AvgIpc) is 1.84. The van der Waals surface area contributed by atoms with E-state index in [0.717, 1.165) is 0 Å². The van der Waals surface area contributed by atoms with Gasteiger partial charge < -0.3 is 4.74 Å². The van der Waals surface area contributed by atoms with Crippen molar-refractivity contribution < 1.29 is 9.13 Å². The Labute approximate surface area is 49.3 Å². The zero-order valence-corrected chi connectivity index (χ0v) is 5.11. The maximum atomic E-state index is 12.2. The maximum absolute atomic E-state index is 12.2. The van der Waals surface area contributed by atoms with Gasteiger partial charge in [-0.3, -0.25) is 0 Å². The van der Waals surface area contributed by atoms with E-state index in [4.69, 9.17) is 0 Å². The van der Waals surface area contributed by atoms with Crippen molar-refractivity contribution in [2.45, 2.75) is 11.2 Å². The predicted octanol–water partition coefficient (Wildman–Crippen LogP) is 1.94. The lowest BCUT2D eigenvalue weighted by molar-refractivity contribution is 0.0173. The fourth-order valence-corrected chi connectivity index (χ4v) is 0.676. The van der Waals surface area contributed by atoms with E-state index in [1.165, 1.54) is 6.26 Å². The van der Waals surface area contributed by atoms with Crippen molar-refractivity contribution in [3.63, 3.8) is 0 Å². The molecule has 0 saturated carbocycles. The summed E-state index contributed by atoms with van der Waals surface area (Å²) in [6, 6.07) is 0. The summed E-state index contributed by atoms with van der Waals surface area (Å²) < 4.78 is 15.0. The number of hydrogen-bond acceptors (Lipinski definition) is 1. The normalized spacial score (nSPS) is 38.6. The predicted molar refractivity (Wildman–Crippen MR) is 27.6 cm³/mol. The molecule has 1 aliphatic heterocycles. The van der Waals surface area contributed by atoms with Crippen molar-refractivity contribution in [2.75, 3.05) is 0 Å². The van der Waals surface area contributed by atoms with Gasteiger partial charge in [-0.2, -0.15) is 4.39 Å². The molecule has 0 fully saturated rings. The molecule has 0 bridgehead atoms. The van der Waals surface area contributed by atoms with E-state index in [0.29, 0.717) is 6.42 Å². The summed E-state index contributed by atoms with van der Waals surface area (Å²) in [5.74, 6) is 0. The van der Waals surface area contributed by atoms with Crippen LogP contribution in [0, 0.1) is 0 Å². The Morgan fingerprint density at radius 1 is 1.86 bits per heavy atom. The summed E-state index contributed by atoms with van der Waals surface area (Å²) in [5, 5.41) is 0. The minimum absolute atomic E-state index is 0.299. The lowest BCUT2D eigenvalue weighted by Gasteiger charge is -2.07. The van der Waals surface area contributed by atoms with Crippen molar-refractivity contribution in [3.05, 3.63) is 12.3 Å². The Morgan fingerprint density at radius 3 is 2.71 bits per heavy atom. The third-order valence-electron chi connectivity index (χ3n) is 0.692. The van der Waals surface area contributed by atoms with Crippen molar-refractivity contribution in [3.8, 4) is 0 Å². The molecule has 0 aromatic rings. The molecule has 0 aromatic carbocycles. The molecule has 0 aliphatic carbocycles. The number of rotatable bonds is 0. The van der Waals surface area contributed by atoms with Crippen LogP contribution in [0.3, 0.4) is 0 Å². The fraction of sp³-hybridized carbons (Fsp3) is 0.500. The fourth-order valence-electron chi connectivity index (χ4n) is 0.381. The van der Waals surface area contributed by atoms with Crippen LogP contribution in [0.2, 0.25) is 0 Å². The van der Waals surface area contributed by atoms with Gasteiger partial charge in [-0.25, -0.2) is 0 Å². The van der Waals surface area contributed by atoms with Gasteiger partial charge in [0.2, 0.25) is 0 Å². The van der Waals surface area contributed by atoms with Crippen LogP contribution in [-0.2, 0) is 4.74 Å². The van der Waals surface area contributed by atoms with Crippen molar-refractivity contribution in [2.24, 2.45) is 0 Å². The molecule has 0 saturated heterocycles. The zero-order chi connectivity index (χ0) is 5.33. The standard InChI is InChI=1S/C4H4BrFO/c5-4(6)2-1-3-7-4/h1,3H,2H2. The molecule has 1 rings (SSSR count). The van der Waals surface area contributed by atoms with Gasteiger partial charge in [0.05, 0.1) is 12.7 Å². The van der Waals surface area contributed by atoms with E-state index in [1.807, 2.05) is 0 Å². The van der Waals surface area contributed by atoms with Crippen LogP contribution in [0.5, 0.6) is 0 Å². The molecule has 0 aromatic heterocycles. The topological polar surface area (TPSA) is 9.23 Å². The van der Waals surface area contributed by atoms with Crippen LogP contribution < -0.4 is 0 Å². The molecule has 1 atom stereocenters. The minimum Gasteiger partial charge on any atom is -0.457 e. The SMILES string of the molecule is FC1(Br)CC=CO1. The van der Waals surface area contributed by atoms with Crippen LogP contribution in [0.15, 0.2) is 12.3 Å². The second kappa shape index (κ2) is 1.47. The Balaban J connectivity index is 2.49. The number of alkyl halides is 2. The van der Waals surface area contributed by atoms with E-state index >= 15 is 0 Å². The average molecular weight is 167 g/mol. The van der Waals surface area contributed by atoms with Crippen LogP contribution in [0.25, 0.3) is 0 Å². The van der Waals surface area contributed by atoms with Gasteiger partial charge >= 0.3 is 4.76 Å². The maximum Gasteiger partial charge on any atom is 0.307 e. The molecule has 1 unspecified atom stereocenters. The van der Waals surface area contributed by atoms with E-state index < -0.39 is 4.76 Å². The second-order valence-corrected chi connectivity index (χ2v) is 2.52. The van der Waals surface area contributed by atoms with Crippen molar-refractivity contribution in [1.29, 1.82) is 0 Å². The molecule has 0 radical (unpaired) electrons. The Morgan fingerprint density at radius 2 is 2.57 bits per heavy atom. The number of ether oxygens (including phenoxy) is 1. The van der Waals surface area contributed by atoms with E-state index in [9.17, 15) is 4.39 Å². The van der Waals surface area contributed by atoms with E-state index in [2.05, 4.69) is 20.7 Å². The third kappa shape index (κ3) is 1.16. The monoisotopic (exact) mass is 166 g/mol. The molecular formula is C4H4BrFO. The minimum atomic E-state index is -1.60. The summed E-state index contributed by atoms with van der Waals surface area (Å²) in [7, 11) is 0. The van der Waals surface area contributed by atoms with Crippen LogP contribution >= 0.6 is 15.9 Å². The quantitative estimate of drug-likeness (QED) is 0.501. The smallest absolute Gasteiger partial charge is 0.307 e. The molecule has 40 valence electrons. The van der Waals surface area contributed by atoms with Gasteiger partial charge in [0, 0.05) is 0 Å². The number of halogens is 2. The number of hydrogen-bond donors (Lipinski definition) is 0. The molecule has 0 N–H and O–H groups in total. The van der Waals surface area contributed by atoms with Crippen LogP contribution in [-0.4, -0.2) is 4.76 Å². The first-order valence-electron chi connectivity index (χ1n) is 1.91. The first-order valence-corrected chi connectivity index (χ1v) is 2.71. The van der Waals surface area contributed by atoms with E-state index in [1.54, 1.807) is 6.08 Å². The molecule has 0 amide bonds. The Kier molecular flexibility index (Phi) is 1.07. The lowest BCUT2D eigenvalue weighted by Crippen LogP contribution is -2.08. The summed E-state index contributed by atoms with van der Waals surface area (Å²) in [4.78, 5) is 0. The highest BCUT2D eigenvalue weighted by Crippen LogP contribution is 2.30. The molecule has 7 heavy (non-hydrogen) atoms. The van der Waals surface area contributed by atoms with Crippen molar-refractivity contribution >= 4 is 15.9 Å². The van der Waals surface area contributed by atoms with Gasteiger partial charge in [-0.15, -0.1) is 0 Å². The van der Waals surface area contributed by atoms with Crippen LogP contribution in [0.4, 0.5) is 4.39 Å². The van der Waals surface area contributed by atoms with Gasteiger partial charge in [-0.1, -0.05) is 0 Å². The zero-order valence-electron chi connectivity index (χ0n) is 3.53. The second-order valence-electron chi connectivity index (χ2n) is 1.33. The molecular weight excluding hydrogens is 163 g/mol. The summed E-state index contributed by atoms with van der Waals surface area (Å²) >= 11 is 2.69. The molecule has 0 spiro atoms. The summed E-state index contributed by atoms with van der Waals surface area (Å²) in [6.07, 6.45) is 3.26. The van der Waals surface area contributed by atoms with Crippen LogP contribution in [0.1, 0.15) is 6.42 Å². The summed E-state index contributed by atoms with van der Waals surface area (Å²) in [6.45, 7) is 0. The first kappa shape index (κ1) is 5.09. The molecule has 1 aliphatic rings. The summed E-state index contributed by atoms with van der Waals surface area (Å²) in [5.41, 5.74) is 0. The highest BCUT2D eigenvalue weighted by atomic mass is 79.9. The highest BCUT2D eigenvalue weighted by Gasteiger charge is 2.27. The molecule has 1 heterocycles. The molecule has 3 heteroatoms. The highest BCUT2D eigenvalue weighted by molar-refractivity contribution is 9.10. The Bertz CT molecular complexity index is 89.9. The van der Waals surface area contributed by atoms with Gasteiger partial charge in [0.1, 0.15) is 0 Å².